The quantitative estimate of drug-likeness (QED) is 0.573. The Bertz CT molecular complexity index is 339. The Labute approximate surface area is 134 Å². The van der Waals surface area contributed by atoms with Crippen LogP contribution in [0.5, 0.6) is 0 Å². The van der Waals surface area contributed by atoms with Crippen molar-refractivity contribution in [2.24, 2.45) is 11.7 Å². The summed E-state index contributed by atoms with van der Waals surface area (Å²) in [5.74, 6) is 0.610. The van der Waals surface area contributed by atoms with Crippen molar-refractivity contribution < 1.29 is 9.59 Å². The summed E-state index contributed by atoms with van der Waals surface area (Å²) in [6.45, 7) is 10.6. The third-order valence-electron chi connectivity index (χ3n) is 4.07. The van der Waals surface area contributed by atoms with Gasteiger partial charge >= 0.3 is 0 Å². The molecule has 0 aromatic carbocycles. The maximum atomic E-state index is 11.8. The van der Waals surface area contributed by atoms with Crippen molar-refractivity contribution in [3.63, 3.8) is 0 Å². The van der Waals surface area contributed by atoms with Crippen molar-refractivity contribution in [3.05, 3.63) is 0 Å². The molecule has 0 unspecified atom stereocenters. The molecule has 0 radical (unpaired) electrons. The SMILES string of the molecule is CC(C)CCCNC(=O)CCN1CCN(CCC(N)=O)CC1. The van der Waals surface area contributed by atoms with Gasteiger partial charge in [0.2, 0.25) is 11.8 Å². The largest absolute Gasteiger partial charge is 0.370 e. The van der Waals surface area contributed by atoms with Crippen LogP contribution in [0.25, 0.3) is 0 Å². The van der Waals surface area contributed by atoms with E-state index in [2.05, 4.69) is 29.0 Å². The summed E-state index contributed by atoms with van der Waals surface area (Å²) in [6, 6.07) is 0. The summed E-state index contributed by atoms with van der Waals surface area (Å²) in [6.07, 6.45) is 3.22. The highest BCUT2D eigenvalue weighted by atomic mass is 16.1. The second-order valence-corrected chi connectivity index (χ2v) is 6.54. The zero-order valence-electron chi connectivity index (χ0n) is 14.1. The summed E-state index contributed by atoms with van der Waals surface area (Å²) in [5, 5.41) is 2.99. The van der Waals surface area contributed by atoms with Crippen molar-refractivity contribution in [1.29, 1.82) is 0 Å². The van der Waals surface area contributed by atoms with Crippen LogP contribution in [0.15, 0.2) is 0 Å². The molecule has 0 saturated carbocycles. The molecule has 22 heavy (non-hydrogen) atoms. The van der Waals surface area contributed by atoms with Gasteiger partial charge in [0.1, 0.15) is 0 Å². The second-order valence-electron chi connectivity index (χ2n) is 6.54. The third-order valence-corrected chi connectivity index (χ3v) is 4.07. The van der Waals surface area contributed by atoms with E-state index in [1.165, 1.54) is 0 Å². The van der Waals surface area contributed by atoms with E-state index < -0.39 is 0 Å². The van der Waals surface area contributed by atoms with E-state index in [1.54, 1.807) is 0 Å². The number of primary amides is 1. The number of carbonyl (C=O) groups is 2. The van der Waals surface area contributed by atoms with E-state index in [1.807, 2.05) is 0 Å². The van der Waals surface area contributed by atoms with Crippen LogP contribution < -0.4 is 11.1 Å². The number of nitrogens with one attached hydrogen (secondary N) is 1. The Balaban J connectivity index is 2.04. The van der Waals surface area contributed by atoms with Crippen LogP contribution >= 0.6 is 0 Å². The standard InChI is InChI=1S/C16H32N4O2/c1-14(2)4-3-7-18-16(22)6-9-20-12-10-19(11-13-20)8-5-15(17)21/h14H,3-13H2,1-2H3,(H2,17,21)(H,18,22). The molecule has 0 atom stereocenters. The van der Waals surface area contributed by atoms with Gasteiger partial charge in [-0.15, -0.1) is 0 Å². The molecule has 1 aliphatic heterocycles. The summed E-state index contributed by atoms with van der Waals surface area (Å²) >= 11 is 0. The van der Waals surface area contributed by atoms with Crippen molar-refractivity contribution >= 4 is 11.8 Å². The molecule has 6 nitrogen and oxygen atoms in total. The van der Waals surface area contributed by atoms with E-state index in [0.717, 1.165) is 58.7 Å². The minimum Gasteiger partial charge on any atom is -0.370 e. The van der Waals surface area contributed by atoms with Gasteiger partial charge in [0.25, 0.3) is 0 Å². The molecule has 0 aromatic rings. The van der Waals surface area contributed by atoms with Crippen LogP contribution in [0, 0.1) is 5.92 Å². The van der Waals surface area contributed by atoms with E-state index >= 15 is 0 Å². The molecule has 3 N–H and O–H groups in total. The summed E-state index contributed by atoms with van der Waals surface area (Å²) < 4.78 is 0. The lowest BCUT2D eigenvalue weighted by Gasteiger charge is -2.34. The molecule has 1 rings (SSSR count). The number of rotatable bonds is 10. The van der Waals surface area contributed by atoms with E-state index in [-0.39, 0.29) is 11.8 Å². The molecule has 0 spiro atoms. The van der Waals surface area contributed by atoms with E-state index in [9.17, 15) is 9.59 Å². The topological polar surface area (TPSA) is 78.7 Å². The lowest BCUT2D eigenvalue weighted by molar-refractivity contribution is -0.121. The average molecular weight is 312 g/mol. The molecule has 6 heteroatoms. The Morgan fingerprint density at radius 1 is 1.05 bits per heavy atom. The summed E-state index contributed by atoms with van der Waals surface area (Å²) in [7, 11) is 0. The fourth-order valence-corrected chi connectivity index (χ4v) is 2.59. The molecule has 0 aromatic heterocycles. The van der Waals surface area contributed by atoms with Crippen LogP contribution in [0.3, 0.4) is 0 Å². The predicted octanol–water partition coefficient (Wildman–Crippen LogP) is 0.422. The van der Waals surface area contributed by atoms with Gasteiger partial charge in [-0.1, -0.05) is 13.8 Å². The normalized spacial score (nSPS) is 16.9. The third kappa shape index (κ3) is 9.00. The van der Waals surface area contributed by atoms with Crippen LogP contribution in [0.1, 0.15) is 39.5 Å². The van der Waals surface area contributed by atoms with Gasteiger partial charge < -0.3 is 20.9 Å². The van der Waals surface area contributed by atoms with Crippen LogP contribution in [-0.2, 0) is 9.59 Å². The lowest BCUT2D eigenvalue weighted by Crippen LogP contribution is -2.47. The number of nitrogens with zero attached hydrogens (tertiary/aromatic N) is 2. The van der Waals surface area contributed by atoms with Crippen molar-refractivity contribution in [2.75, 3.05) is 45.8 Å². The number of amides is 2. The first-order valence-electron chi connectivity index (χ1n) is 8.47. The number of piperazine rings is 1. The average Bonchev–Trinajstić information content (AvgIpc) is 2.48. The molecular weight excluding hydrogens is 280 g/mol. The lowest BCUT2D eigenvalue weighted by atomic mass is 10.1. The highest BCUT2D eigenvalue weighted by Gasteiger charge is 2.17. The van der Waals surface area contributed by atoms with Gasteiger partial charge in [-0.25, -0.2) is 0 Å². The fraction of sp³-hybridized carbons (Fsp3) is 0.875. The van der Waals surface area contributed by atoms with Gasteiger partial charge in [0, 0.05) is 58.7 Å². The molecule has 0 aliphatic carbocycles. The smallest absolute Gasteiger partial charge is 0.221 e. The Morgan fingerprint density at radius 3 is 2.09 bits per heavy atom. The Hall–Kier alpha value is -1.14. The number of nitrogens with two attached hydrogens (primary N) is 1. The molecule has 2 amide bonds. The first-order valence-corrected chi connectivity index (χ1v) is 8.47. The zero-order valence-corrected chi connectivity index (χ0v) is 14.1. The van der Waals surface area contributed by atoms with Crippen LogP contribution in [-0.4, -0.2) is 67.4 Å². The predicted molar refractivity (Wildman–Crippen MR) is 88.4 cm³/mol. The molecule has 1 heterocycles. The highest BCUT2D eigenvalue weighted by Crippen LogP contribution is 2.04. The highest BCUT2D eigenvalue weighted by molar-refractivity contribution is 5.76. The van der Waals surface area contributed by atoms with Gasteiger partial charge in [-0.05, 0) is 18.8 Å². The van der Waals surface area contributed by atoms with Gasteiger partial charge in [-0.3, -0.25) is 9.59 Å². The van der Waals surface area contributed by atoms with Crippen molar-refractivity contribution in [1.82, 2.24) is 15.1 Å². The summed E-state index contributed by atoms with van der Waals surface area (Å²) in [5.41, 5.74) is 5.16. The van der Waals surface area contributed by atoms with Gasteiger partial charge in [-0.2, -0.15) is 0 Å². The van der Waals surface area contributed by atoms with E-state index in [4.69, 9.17) is 5.73 Å². The number of hydrogen-bond donors (Lipinski definition) is 2. The monoisotopic (exact) mass is 312 g/mol. The zero-order chi connectivity index (χ0) is 16.4. The van der Waals surface area contributed by atoms with Crippen LogP contribution in [0.2, 0.25) is 0 Å². The molecular formula is C16H32N4O2. The van der Waals surface area contributed by atoms with E-state index in [0.29, 0.717) is 18.8 Å². The number of carbonyl (C=O) groups excluding carboxylic acids is 2. The van der Waals surface area contributed by atoms with Crippen molar-refractivity contribution in [3.8, 4) is 0 Å². The Morgan fingerprint density at radius 2 is 1.59 bits per heavy atom. The molecule has 1 aliphatic rings. The van der Waals surface area contributed by atoms with Gasteiger partial charge in [0.05, 0.1) is 0 Å². The Kier molecular flexibility index (Phi) is 9.08. The minimum absolute atomic E-state index is 0.153. The molecule has 0 bridgehead atoms. The number of hydrogen-bond acceptors (Lipinski definition) is 4. The first-order chi connectivity index (χ1) is 10.5. The summed E-state index contributed by atoms with van der Waals surface area (Å²) in [4.78, 5) is 27.1. The minimum atomic E-state index is -0.239. The molecule has 1 saturated heterocycles. The first kappa shape index (κ1) is 18.9. The van der Waals surface area contributed by atoms with Crippen LogP contribution in [0.4, 0.5) is 0 Å². The van der Waals surface area contributed by atoms with Gasteiger partial charge in [0.15, 0.2) is 0 Å². The maximum Gasteiger partial charge on any atom is 0.221 e. The molecule has 1 fully saturated rings. The second kappa shape index (κ2) is 10.6. The molecule has 128 valence electrons. The van der Waals surface area contributed by atoms with Crippen molar-refractivity contribution in [2.45, 2.75) is 39.5 Å². The maximum absolute atomic E-state index is 11.8. The fourth-order valence-electron chi connectivity index (χ4n) is 2.59.